The van der Waals surface area contributed by atoms with E-state index in [-0.39, 0.29) is 5.56 Å². The van der Waals surface area contributed by atoms with Gasteiger partial charge in [0, 0.05) is 5.56 Å². The maximum Gasteiger partial charge on any atom is 0.291 e. The van der Waals surface area contributed by atoms with E-state index >= 15 is 0 Å². The molecule has 0 aliphatic rings. The molecule has 7 nitrogen and oxygen atoms in total. The Kier molecular flexibility index (Phi) is 5.97. The van der Waals surface area contributed by atoms with E-state index in [4.69, 9.17) is 14.2 Å². The molecule has 5 rings (SSSR count). The molecule has 0 saturated heterocycles. The molecule has 0 amide bonds. The molecule has 0 atom stereocenters. The first-order valence-electron chi connectivity index (χ1n) is 10.5. The summed E-state index contributed by atoms with van der Waals surface area (Å²) in [5.74, 6) is 2.41. The van der Waals surface area contributed by atoms with E-state index in [0.29, 0.717) is 33.4 Å². The molecule has 0 aliphatic carbocycles. The number of aromatic nitrogens is 3. The summed E-state index contributed by atoms with van der Waals surface area (Å²) in [5, 5.41) is 4.41. The highest BCUT2D eigenvalue weighted by Gasteiger charge is 2.14. The van der Waals surface area contributed by atoms with Crippen molar-refractivity contribution in [3.05, 3.63) is 98.8 Å². The molecule has 2 heterocycles. The Morgan fingerprint density at radius 1 is 0.941 bits per heavy atom. The number of hydrogen-bond donors (Lipinski definition) is 0. The van der Waals surface area contributed by atoms with Crippen LogP contribution in [-0.4, -0.2) is 28.8 Å². The molecule has 3 aromatic carbocycles. The molecule has 8 heteroatoms. The summed E-state index contributed by atoms with van der Waals surface area (Å²) in [4.78, 5) is 18.0. The van der Waals surface area contributed by atoms with Crippen LogP contribution in [0.1, 0.15) is 11.1 Å². The summed E-state index contributed by atoms with van der Waals surface area (Å²) in [6.07, 6.45) is 1.83. The topological polar surface area (TPSA) is 75.0 Å². The van der Waals surface area contributed by atoms with Crippen LogP contribution in [0.2, 0.25) is 0 Å². The van der Waals surface area contributed by atoms with Crippen molar-refractivity contribution >= 4 is 22.4 Å². The van der Waals surface area contributed by atoms with Crippen LogP contribution < -0.4 is 24.3 Å². The van der Waals surface area contributed by atoms with Gasteiger partial charge in [0.15, 0.2) is 17.3 Å². The molecule has 0 fully saturated rings. The summed E-state index contributed by atoms with van der Waals surface area (Å²) in [6, 6.07) is 23.0. The zero-order valence-electron chi connectivity index (χ0n) is 18.6. The third-order valence-electron chi connectivity index (χ3n) is 5.25. The summed E-state index contributed by atoms with van der Waals surface area (Å²) >= 11 is 1.30. The van der Waals surface area contributed by atoms with E-state index in [9.17, 15) is 4.79 Å². The Hall–Kier alpha value is -4.17. The maximum absolute atomic E-state index is 12.9. The van der Waals surface area contributed by atoms with Crippen molar-refractivity contribution < 1.29 is 14.2 Å². The van der Waals surface area contributed by atoms with Gasteiger partial charge in [-0.2, -0.15) is 9.50 Å². The van der Waals surface area contributed by atoms with Gasteiger partial charge in [0.2, 0.25) is 4.96 Å². The first kappa shape index (κ1) is 21.7. The number of methoxy groups -OCH3 is 2. The largest absolute Gasteiger partial charge is 0.493 e. The SMILES string of the molecule is COc1ccc(-c2nc3s/c(=C\c4ccc(OCc5ccccc5)cc4)c(=O)n3n2)cc1OC. The quantitative estimate of drug-likeness (QED) is 0.358. The minimum atomic E-state index is -0.205. The zero-order valence-corrected chi connectivity index (χ0v) is 19.4. The van der Waals surface area contributed by atoms with Crippen LogP contribution >= 0.6 is 11.3 Å². The predicted molar refractivity (Wildman–Crippen MR) is 132 cm³/mol. The van der Waals surface area contributed by atoms with Crippen molar-refractivity contribution in [3.8, 4) is 28.6 Å². The molecule has 170 valence electrons. The standard InChI is InChI=1S/C26H21N3O4S/c1-31-21-13-10-19(15-22(21)32-2)24-27-26-29(28-24)25(30)23(34-26)14-17-8-11-20(12-9-17)33-16-18-6-4-3-5-7-18/h3-15H,16H2,1-2H3/b23-14-. The highest BCUT2D eigenvalue weighted by Crippen LogP contribution is 2.31. The van der Waals surface area contributed by atoms with Crippen LogP contribution in [-0.2, 0) is 6.61 Å². The minimum Gasteiger partial charge on any atom is -0.493 e. The fraction of sp³-hybridized carbons (Fsp3) is 0.115. The van der Waals surface area contributed by atoms with Crippen LogP contribution in [0.25, 0.3) is 22.4 Å². The molecular formula is C26H21N3O4S. The molecule has 5 aromatic rings. The fourth-order valence-corrected chi connectivity index (χ4v) is 4.39. The molecule has 2 aromatic heterocycles. The van der Waals surface area contributed by atoms with E-state index in [1.165, 1.54) is 15.9 Å². The summed E-state index contributed by atoms with van der Waals surface area (Å²) in [6.45, 7) is 0.505. The fourth-order valence-electron chi connectivity index (χ4n) is 3.48. The Balaban J connectivity index is 1.37. The Morgan fingerprint density at radius 3 is 2.41 bits per heavy atom. The van der Waals surface area contributed by atoms with Gasteiger partial charge in [0.05, 0.1) is 18.8 Å². The maximum atomic E-state index is 12.9. The van der Waals surface area contributed by atoms with Crippen LogP contribution in [0.3, 0.4) is 0 Å². The van der Waals surface area contributed by atoms with Crippen LogP contribution in [0.15, 0.2) is 77.6 Å². The lowest BCUT2D eigenvalue weighted by Gasteiger charge is -2.07. The number of thiazole rings is 1. The molecule has 0 spiro atoms. The zero-order chi connectivity index (χ0) is 23.5. The highest BCUT2D eigenvalue weighted by molar-refractivity contribution is 7.15. The highest BCUT2D eigenvalue weighted by atomic mass is 32.1. The van der Waals surface area contributed by atoms with E-state index in [2.05, 4.69) is 10.1 Å². The van der Waals surface area contributed by atoms with Gasteiger partial charge in [-0.15, -0.1) is 5.10 Å². The lowest BCUT2D eigenvalue weighted by molar-refractivity contribution is 0.306. The predicted octanol–water partition coefficient (Wildman–Crippen LogP) is 3.96. The van der Waals surface area contributed by atoms with Crippen LogP contribution in [0, 0.1) is 0 Å². The minimum absolute atomic E-state index is 0.205. The van der Waals surface area contributed by atoms with Crippen LogP contribution in [0.5, 0.6) is 17.2 Å². The average molecular weight is 472 g/mol. The molecule has 0 radical (unpaired) electrons. The normalized spacial score (nSPS) is 11.6. The summed E-state index contributed by atoms with van der Waals surface area (Å²) in [7, 11) is 3.15. The first-order valence-corrected chi connectivity index (χ1v) is 11.4. The number of fused-ring (bicyclic) bond motifs is 1. The van der Waals surface area contributed by atoms with Crippen molar-refractivity contribution in [2.75, 3.05) is 14.2 Å². The van der Waals surface area contributed by atoms with Crippen molar-refractivity contribution in [2.24, 2.45) is 0 Å². The molecule has 0 saturated carbocycles. The number of nitrogens with zero attached hydrogens (tertiary/aromatic N) is 3. The third-order valence-corrected chi connectivity index (χ3v) is 6.21. The van der Waals surface area contributed by atoms with Gasteiger partial charge in [-0.05, 0) is 47.5 Å². The van der Waals surface area contributed by atoms with Crippen molar-refractivity contribution in [3.63, 3.8) is 0 Å². The van der Waals surface area contributed by atoms with E-state index in [1.807, 2.05) is 66.7 Å². The number of hydrogen-bond acceptors (Lipinski definition) is 7. The summed E-state index contributed by atoms with van der Waals surface area (Å²) < 4.78 is 18.3. The second kappa shape index (κ2) is 9.36. The Morgan fingerprint density at radius 2 is 1.71 bits per heavy atom. The molecule has 0 bridgehead atoms. The van der Waals surface area contributed by atoms with Gasteiger partial charge in [-0.3, -0.25) is 4.79 Å². The van der Waals surface area contributed by atoms with Gasteiger partial charge in [0.1, 0.15) is 12.4 Å². The van der Waals surface area contributed by atoms with Crippen molar-refractivity contribution in [1.82, 2.24) is 14.6 Å². The first-order chi connectivity index (χ1) is 16.6. The monoisotopic (exact) mass is 471 g/mol. The van der Waals surface area contributed by atoms with Crippen molar-refractivity contribution in [2.45, 2.75) is 6.61 Å². The van der Waals surface area contributed by atoms with Crippen LogP contribution in [0.4, 0.5) is 0 Å². The molecule has 34 heavy (non-hydrogen) atoms. The number of ether oxygens (including phenoxy) is 3. The average Bonchev–Trinajstić information content (AvgIpc) is 3.43. The Labute approximate surface area is 199 Å². The van der Waals surface area contributed by atoms with Crippen molar-refractivity contribution in [1.29, 1.82) is 0 Å². The van der Waals surface area contributed by atoms with E-state index in [1.54, 1.807) is 26.4 Å². The third kappa shape index (κ3) is 4.35. The molecule has 0 N–H and O–H groups in total. The second-order valence-electron chi connectivity index (χ2n) is 7.46. The number of rotatable bonds is 7. The van der Waals surface area contributed by atoms with Gasteiger partial charge in [-0.1, -0.05) is 53.8 Å². The Bertz CT molecular complexity index is 1540. The van der Waals surface area contributed by atoms with E-state index < -0.39 is 0 Å². The molecule has 0 unspecified atom stereocenters. The second-order valence-corrected chi connectivity index (χ2v) is 8.47. The lowest BCUT2D eigenvalue weighted by Crippen LogP contribution is -2.23. The van der Waals surface area contributed by atoms with Gasteiger partial charge < -0.3 is 14.2 Å². The van der Waals surface area contributed by atoms with Gasteiger partial charge in [-0.25, -0.2) is 0 Å². The van der Waals surface area contributed by atoms with Gasteiger partial charge >= 0.3 is 0 Å². The molecular weight excluding hydrogens is 450 g/mol. The van der Waals surface area contributed by atoms with E-state index in [0.717, 1.165) is 22.4 Å². The molecule has 0 aliphatic heterocycles. The number of benzene rings is 3. The lowest BCUT2D eigenvalue weighted by atomic mass is 10.2. The summed E-state index contributed by atoms with van der Waals surface area (Å²) in [5.41, 5.74) is 2.54. The smallest absolute Gasteiger partial charge is 0.291 e. The van der Waals surface area contributed by atoms with Gasteiger partial charge in [0.25, 0.3) is 5.56 Å².